The molecule has 0 saturated carbocycles. The zero-order valence-corrected chi connectivity index (χ0v) is 16.4. The summed E-state index contributed by atoms with van der Waals surface area (Å²) in [4.78, 5) is 10.7. The second-order valence-corrected chi connectivity index (χ2v) is 8.95. The highest BCUT2D eigenvalue weighted by Crippen LogP contribution is 2.30. The van der Waals surface area contributed by atoms with Gasteiger partial charge in [-0.15, -0.1) is 0 Å². The predicted molar refractivity (Wildman–Crippen MR) is 101 cm³/mol. The number of nitro groups is 1. The molecule has 1 aliphatic heterocycles. The van der Waals surface area contributed by atoms with Gasteiger partial charge >= 0.3 is 0 Å². The molecule has 0 amide bonds. The van der Waals surface area contributed by atoms with Crippen molar-refractivity contribution in [1.82, 2.24) is 4.31 Å². The Kier molecular flexibility index (Phi) is 7.54. The molecule has 0 radical (unpaired) electrons. The highest BCUT2D eigenvalue weighted by Gasteiger charge is 2.29. The molecule has 10 heteroatoms. The lowest BCUT2D eigenvalue weighted by Crippen LogP contribution is -2.28. The summed E-state index contributed by atoms with van der Waals surface area (Å²) in [6.07, 6.45) is 0.742. The van der Waals surface area contributed by atoms with E-state index in [1.54, 1.807) is 0 Å². The van der Waals surface area contributed by atoms with Crippen LogP contribution in [-0.4, -0.2) is 61.7 Å². The first kappa shape index (κ1) is 21.5. The van der Waals surface area contributed by atoms with E-state index in [-0.39, 0.29) is 29.4 Å². The molecule has 0 aromatic heterocycles. The molecule has 1 aromatic rings. The van der Waals surface area contributed by atoms with Crippen LogP contribution in [0.4, 0.5) is 11.4 Å². The van der Waals surface area contributed by atoms with Crippen molar-refractivity contribution in [3.8, 4) is 0 Å². The van der Waals surface area contributed by atoms with E-state index in [1.807, 2.05) is 13.8 Å². The van der Waals surface area contributed by atoms with E-state index in [9.17, 15) is 23.6 Å². The van der Waals surface area contributed by atoms with E-state index >= 15 is 0 Å². The fourth-order valence-electron chi connectivity index (χ4n) is 2.78. The van der Waals surface area contributed by atoms with Gasteiger partial charge in [0.25, 0.3) is 5.69 Å². The molecule has 0 aliphatic carbocycles. The third kappa shape index (κ3) is 5.86. The molecule has 1 heterocycles. The van der Waals surface area contributed by atoms with E-state index in [4.69, 9.17) is 4.74 Å². The number of anilines is 1. The molecule has 0 unspecified atom stereocenters. The SMILES string of the molecule is CC(C)COC[C@H](O)CNc1ccc(S(=O)(=O)N2CCCC2)cc1[N+](=O)[O-]. The fourth-order valence-corrected chi connectivity index (χ4v) is 4.31. The molecule has 27 heavy (non-hydrogen) atoms. The van der Waals surface area contributed by atoms with Crippen LogP contribution in [0, 0.1) is 16.0 Å². The fraction of sp³-hybridized carbons (Fsp3) is 0.647. The first-order valence-electron chi connectivity index (χ1n) is 9.00. The summed E-state index contributed by atoms with van der Waals surface area (Å²) < 4.78 is 31.8. The number of sulfonamides is 1. The lowest BCUT2D eigenvalue weighted by molar-refractivity contribution is -0.384. The van der Waals surface area contributed by atoms with Gasteiger partial charge in [-0.1, -0.05) is 13.8 Å². The second kappa shape index (κ2) is 9.45. The normalized spacial score (nSPS) is 16.6. The van der Waals surface area contributed by atoms with E-state index in [0.29, 0.717) is 25.6 Å². The zero-order chi connectivity index (χ0) is 20.0. The molecule has 2 rings (SSSR count). The van der Waals surface area contributed by atoms with E-state index < -0.39 is 21.1 Å². The quantitative estimate of drug-likeness (QED) is 0.453. The van der Waals surface area contributed by atoms with Crippen LogP contribution in [0.1, 0.15) is 26.7 Å². The molecule has 9 nitrogen and oxygen atoms in total. The summed E-state index contributed by atoms with van der Waals surface area (Å²) >= 11 is 0. The number of nitro benzene ring substituents is 1. The molecule has 0 bridgehead atoms. The maximum absolute atomic E-state index is 12.6. The summed E-state index contributed by atoms with van der Waals surface area (Å²) in [5.74, 6) is 0.344. The molecule has 1 saturated heterocycles. The lowest BCUT2D eigenvalue weighted by atomic mass is 10.2. The Hall–Kier alpha value is -1.75. The Morgan fingerprint density at radius 3 is 2.56 bits per heavy atom. The van der Waals surface area contributed by atoms with Gasteiger partial charge in [0, 0.05) is 32.3 Å². The smallest absolute Gasteiger partial charge is 0.293 e. The van der Waals surface area contributed by atoms with Crippen molar-refractivity contribution in [3.63, 3.8) is 0 Å². The summed E-state index contributed by atoms with van der Waals surface area (Å²) in [5, 5.41) is 24.1. The minimum atomic E-state index is -3.73. The summed E-state index contributed by atoms with van der Waals surface area (Å²) in [5.41, 5.74) is -0.186. The number of aliphatic hydroxyl groups is 1. The minimum absolute atomic E-state index is 0.0527. The highest BCUT2D eigenvalue weighted by molar-refractivity contribution is 7.89. The van der Waals surface area contributed by atoms with Crippen molar-refractivity contribution in [3.05, 3.63) is 28.3 Å². The van der Waals surface area contributed by atoms with Crippen molar-refractivity contribution in [1.29, 1.82) is 0 Å². The largest absolute Gasteiger partial charge is 0.389 e. The minimum Gasteiger partial charge on any atom is -0.389 e. The van der Waals surface area contributed by atoms with Gasteiger partial charge in [-0.3, -0.25) is 10.1 Å². The van der Waals surface area contributed by atoms with Gasteiger partial charge in [0.15, 0.2) is 0 Å². The second-order valence-electron chi connectivity index (χ2n) is 7.01. The number of ether oxygens (including phenoxy) is 1. The first-order chi connectivity index (χ1) is 12.7. The maximum atomic E-state index is 12.6. The third-order valence-corrected chi connectivity index (χ3v) is 6.05. The molecule has 2 N–H and O–H groups in total. The van der Waals surface area contributed by atoms with Gasteiger partial charge in [0.2, 0.25) is 10.0 Å². The third-order valence-electron chi connectivity index (χ3n) is 4.16. The van der Waals surface area contributed by atoms with Crippen molar-refractivity contribution in [2.45, 2.75) is 37.7 Å². The summed E-state index contributed by atoms with van der Waals surface area (Å²) in [6.45, 7) is 5.52. The van der Waals surface area contributed by atoms with Crippen molar-refractivity contribution < 1.29 is 23.2 Å². The lowest BCUT2D eigenvalue weighted by Gasteiger charge is -2.17. The number of nitrogens with zero attached hydrogens (tertiary/aromatic N) is 2. The molecule has 1 atom stereocenters. The van der Waals surface area contributed by atoms with Gasteiger partial charge in [-0.05, 0) is 30.9 Å². The van der Waals surface area contributed by atoms with Gasteiger partial charge in [0.1, 0.15) is 5.69 Å². The van der Waals surface area contributed by atoms with Crippen LogP contribution in [0.5, 0.6) is 0 Å². The van der Waals surface area contributed by atoms with Crippen LogP contribution in [0.15, 0.2) is 23.1 Å². The monoisotopic (exact) mass is 401 g/mol. The van der Waals surface area contributed by atoms with Crippen molar-refractivity contribution >= 4 is 21.4 Å². The molecular weight excluding hydrogens is 374 g/mol. The number of benzene rings is 1. The van der Waals surface area contributed by atoms with Gasteiger partial charge in [0.05, 0.1) is 22.5 Å². The Morgan fingerprint density at radius 1 is 1.30 bits per heavy atom. The topological polar surface area (TPSA) is 122 Å². The van der Waals surface area contributed by atoms with Crippen molar-refractivity contribution in [2.24, 2.45) is 5.92 Å². The Bertz CT molecular complexity index is 747. The molecule has 1 fully saturated rings. The number of hydrogen-bond donors (Lipinski definition) is 2. The van der Waals surface area contributed by atoms with Crippen molar-refractivity contribution in [2.75, 3.05) is 38.2 Å². The van der Waals surface area contributed by atoms with Crippen LogP contribution < -0.4 is 5.32 Å². The highest BCUT2D eigenvalue weighted by atomic mass is 32.2. The average Bonchev–Trinajstić information content (AvgIpc) is 3.14. The molecular formula is C17H27N3O6S. The van der Waals surface area contributed by atoms with Gasteiger partial charge in [-0.2, -0.15) is 4.31 Å². The van der Waals surface area contributed by atoms with E-state index in [2.05, 4.69) is 5.32 Å². The number of nitrogens with one attached hydrogen (secondary N) is 1. The van der Waals surface area contributed by atoms with Crippen LogP contribution in [0.25, 0.3) is 0 Å². The number of hydrogen-bond acceptors (Lipinski definition) is 7. The van der Waals surface area contributed by atoms with Crippen LogP contribution >= 0.6 is 0 Å². The zero-order valence-electron chi connectivity index (χ0n) is 15.6. The molecule has 0 spiro atoms. The van der Waals surface area contributed by atoms with Crippen LogP contribution in [0.2, 0.25) is 0 Å². The standard InChI is InChI=1S/C17H27N3O6S/c1-13(2)11-26-12-14(21)10-18-16-6-5-15(9-17(16)20(22)23)27(24,25)19-7-3-4-8-19/h5-6,9,13-14,18,21H,3-4,7-8,10-12H2,1-2H3/t14-/m1/s1. The van der Waals surface area contributed by atoms with Crippen LogP contribution in [0.3, 0.4) is 0 Å². The Morgan fingerprint density at radius 2 is 1.96 bits per heavy atom. The van der Waals surface area contributed by atoms with Crippen LogP contribution in [-0.2, 0) is 14.8 Å². The van der Waals surface area contributed by atoms with Gasteiger partial charge < -0.3 is 15.2 Å². The molecule has 1 aliphatic rings. The predicted octanol–water partition coefficient (Wildman–Crippen LogP) is 1.82. The Balaban J connectivity index is 2.08. The number of aliphatic hydroxyl groups excluding tert-OH is 1. The summed E-state index contributed by atoms with van der Waals surface area (Å²) in [7, 11) is -3.73. The van der Waals surface area contributed by atoms with Gasteiger partial charge in [-0.25, -0.2) is 8.42 Å². The maximum Gasteiger partial charge on any atom is 0.293 e. The molecule has 1 aromatic carbocycles. The molecule has 152 valence electrons. The first-order valence-corrected chi connectivity index (χ1v) is 10.4. The number of rotatable bonds is 10. The van der Waals surface area contributed by atoms with E-state index in [1.165, 1.54) is 16.4 Å². The summed E-state index contributed by atoms with van der Waals surface area (Å²) in [6, 6.07) is 3.78. The van der Waals surface area contributed by atoms with E-state index in [0.717, 1.165) is 18.9 Å². The average molecular weight is 401 g/mol. The Labute approximate surface area is 159 Å².